The average molecular weight is 477 g/mol. The van der Waals surface area contributed by atoms with Crippen LogP contribution in [0, 0.1) is 0 Å². The Labute approximate surface area is 205 Å². The summed E-state index contributed by atoms with van der Waals surface area (Å²) in [5.41, 5.74) is 2.18. The zero-order chi connectivity index (χ0) is 24.5. The van der Waals surface area contributed by atoms with Gasteiger partial charge in [0.15, 0.2) is 0 Å². The first-order valence-corrected chi connectivity index (χ1v) is 12.0. The molecule has 35 heavy (non-hydrogen) atoms. The van der Waals surface area contributed by atoms with Crippen LogP contribution in [0.15, 0.2) is 71.3 Å². The molecule has 1 aromatic heterocycles. The summed E-state index contributed by atoms with van der Waals surface area (Å²) in [6.45, 7) is 7.53. The van der Waals surface area contributed by atoms with E-state index in [0.29, 0.717) is 30.2 Å². The minimum atomic E-state index is -0.264. The number of piperazine rings is 1. The molecular weight excluding hydrogens is 444 g/mol. The van der Waals surface area contributed by atoms with Crippen LogP contribution < -0.4 is 15.4 Å². The van der Waals surface area contributed by atoms with Gasteiger partial charge >= 0.3 is 0 Å². The maximum absolute atomic E-state index is 12.7. The van der Waals surface area contributed by atoms with Crippen LogP contribution in [-0.4, -0.2) is 60.9 Å². The Kier molecular flexibility index (Phi) is 8.53. The lowest BCUT2D eigenvalue weighted by Crippen LogP contribution is -2.48. The molecule has 2 amide bonds. The number of hydrogen-bond donors (Lipinski definition) is 2. The monoisotopic (exact) mass is 476 g/mol. The summed E-state index contributed by atoms with van der Waals surface area (Å²) in [5, 5.41) is 5.73. The van der Waals surface area contributed by atoms with Gasteiger partial charge in [-0.1, -0.05) is 24.3 Å². The average Bonchev–Trinajstić information content (AvgIpc) is 3.39. The molecule has 0 atom stereocenters. The van der Waals surface area contributed by atoms with E-state index in [1.54, 1.807) is 42.7 Å². The molecule has 2 heterocycles. The number of nitrogens with zero attached hydrogens (tertiary/aromatic N) is 2. The number of nitrogens with one attached hydrogen (secondary N) is 2. The Balaban J connectivity index is 1.23. The van der Waals surface area contributed by atoms with E-state index in [2.05, 4.69) is 32.6 Å². The Morgan fingerprint density at radius 2 is 1.69 bits per heavy atom. The number of benzene rings is 2. The van der Waals surface area contributed by atoms with E-state index in [9.17, 15) is 9.59 Å². The van der Waals surface area contributed by atoms with Crippen molar-refractivity contribution in [2.75, 3.05) is 44.6 Å². The third kappa shape index (κ3) is 7.18. The van der Waals surface area contributed by atoms with Gasteiger partial charge in [0.05, 0.1) is 37.2 Å². The van der Waals surface area contributed by atoms with Crippen molar-refractivity contribution in [2.24, 2.45) is 0 Å². The first kappa shape index (κ1) is 24.5. The highest BCUT2D eigenvalue weighted by Crippen LogP contribution is 2.17. The van der Waals surface area contributed by atoms with Gasteiger partial charge < -0.3 is 19.8 Å². The predicted octanol–water partition coefficient (Wildman–Crippen LogP) is 3.36. The molecule has 4 rings (SSSR count). The lowest BCUT2D eigenvalue weighted by molar-refractivity contribution is -0.117. The molecule has 1 aliphatic heterocycles. The maximum Gasteiger partial charge on any atom is 0.253 e. The number of para-hydroxylation sites is 1. The lowest BCUT2D eigenvalue weighted by Gasteiger charge is -2.34. The van der Waals surface area contributed by atoms with Crippen molar-refractivity contribution < 1.29 is 18.7 Å². The van der Waals surface area contributed by atoms with Crippen molar-refractivity contribution >= 4 is 17.5 Å². The van der Waals surface area contributed by atoms with E-state index in [1.807, 2.05) is 19.1 Å². The number of anilines is 1. The molecule has 0 unspecified atom stereocenters. The Bertz CT molecular complexity index is 1090. The number of furan rings is 1. The fourth-order valence-corrected chi connectivity index (χ4v) is 4.08. The third-order valence-electron chi connectivity index (χ3n) is 5.92. The fourth-order valence-electron chi connectivity index (χ4n) is 4.08. The molecule has 184 valence electrons. The van der Waals surface area contributed by atoms with Crippen LogP contribution in [-0.2, 0) is 17.9 Å². The van der Waals surface area contributed by atoms with E-state index in [0.717, 1.165) is 38.5 Å². The van der Waals surface area contributed by atoms with Crippen molar-refractivity contribution in [1.82, 2.24) is 15.1 Å². The molecule has 1 fully saturated rings. The molecule has 8 heteroatoms. The molecule has 3 aromatic rings. The van der Waals surface area contributed by atoms with Gasteiger partial charge in [-0.15, -0.1) is 0 Å². The second-order valence-electron chi connectivity index (χ2n) is 8.49. The van der Waals surface area contributed by atoms with Crippen LogP contribution in [0.2, 0.25) is 0 Å². The quantitative estimate of drug-likeness (QED) is 0.467. The van der Waals surface area contributed by atoms with E-state index in [1.165, 1.54) is 5.56 Å². The van der Waals surface area contributed by atoms with Crippen molar-refractivity contribution in [3.05, 3.63) is 83.8 Å². The first-order chi connectivity index (χ1) is 17.1. The van der Waals surface area contributed by atoms with Crippen molar-refractivity contribution in [3.63, 3.8) is 0 Å². The van der Waals surface area contributed by atoms with Crippen LogP contribution in [0.3, 0.4) is 0 Å². The van der Waals surface area contributed by atoms with Gasteiger partial charge in [-0.05, 0) is 48.9 Å². The molecule has 0 bridgehead atoms. The van der Waals surface area contributed by atoms with E-state index in [4.69, 9.17) is 9.15 Å². The standard InChI is InChI=1S/C27H32N4O4/c1-2-34-22-11-9-21(10-12-22)19-30-13-15-31(16-14-30)20-26(32)29-25-8-4-3-7-24(25)27(33)28-18-23-6-5-17-35-23/h3-12,17H,2,13-16,18-20H2,1H3,(H,28,33)(H,29,32). The zero-order valence-corrected chi connectivity index (χ0v) is 20.0. The van der Waals surface area contributed by atoms with E-state index in [-0.39, 0.29) is 18.4 Å². The number of carbonyl (C=O) groups excluding carboxylic acids is 2. The summed E-state index contributed by atoms with van der Waals surface area (Å²) in [6.07, 6.45) is 1.57. The molecule has 0 radical (unpaired) electrons. The summed E-state index contributed by atoms with van der Waals surface area (Å²) in [6, 6.07) is 18.8. The Morgan fingerprint density at radius 3 is 2.40 bits per heavy atom. The Morgan fingerprint density at radius 1 is 0.943 bits per heavy atom. The maximum atomic E-state index is 12.7. The molecule has 1 saturated heterocycles. The summed E-state index contributed by atoms with van der Waals surface area (Å²) in [4.78, 5) is 29.9. The fraction of sp³-hybridized carbons (Fsp3) is 0.333. The van der Waals surface area contributed by atoms with Crippen LogP contribution in [0.25, 0.3) is 0 Å². The van der Waals surface area contributed by atoms with Gasteiger partial charge in [0.1, 0.15) is 11.5 Å². The lowest BCUT2D eigenvalue weighted by atomic mass is 10.1. The zero-order valence-electron chi connectivity index (χ0n) is 20.0. The first-order valence-electron chi connectivity index (χ1n) is 12.0. The summed E-state index contributed by atoms with van der Waals surface area (Å²) in [5.74, 6) is 1.17. The number of rotatable bonds is 10. The van der Waals surface area contributed by atoms with Crippen LogP contribution in [0.1, 0.15) is 28.6 Å². The largest absolute Gasteiger partial charge is 0.494 e. The smallest absolute Gasteiger partial charge is 0.253 e. The van der Waals surface area contributed by atoms with Gasteiger partial charge in [-0.2, -0.15) is 0 Å². The highest BCUT2D eigenvalue weighted by Gasteiger charge is 2.20. The van der Waals surface area contributed by atoms with Crippen LogP contribution >= 0.6 is 0 Å². The van der Waals surface area contributed by atoms with Gasteiger partial charge in [0.2, 0.25) is 5.91 Å². The molecule has 0 saturated carbocycles. The minimum absolute atomic E-state index is 0.128. The van der Waals surface area contributed by atoms with Crippen molar-refractivity contribution in [3.8, 4) is 5.75 Å². The van der Waals surface area contributed by atoms with E-state index >= 15 is 0 Å². The van der Waals surface area contributed by atoms with Gasteiger partial charge in [0.25, 0.3) is 5.91 Å². The highest BCUT2D eigenvalue weighted by atomic mass is 16.5. The highest BCUT2D eigenvalue weighted by molar-refractivity contribution is 6.04. The topological polar surface area (TPSA) is 87.0 Å². The van der Waals surface area contributed by atoms with Gasteiger partial charge in [-0.25, -0.2) is 0 Å². The molecule has 2 aromatic carbocycles. The molecule has 0 spiro atoms. The number of hydrogen-bond acceptors (Lipinski definition) is 6. The minimum Gasteiger partial charge on any atom is -0.494 e. The van der Waals surface area contributed by atoms with Crippen molar-refractivity contribution in [2.45, 2.75) is 20.0 Å². The Hall–Kier alpha value is -3.62. The molecule has 0 aliphatic carbocycles. The van der Waals surface area contributed by atoms with Crippen molar-refractivity contribution in [1.29, 1.82) is 0 Å². The normalized spacial score (nSPS) is 14.4. The third-order valence-corrected chi connectivity index (χ3v) is 5.92. The molecule has 8 nitrogen and oxygen atoms in total. The van der Waals surface area contributed by atoms with Gasteiger partial charge in [0, 0.05) is 32.7 Å². The van der Waals surface area contributed by atoms with Crippen LogP contribution in [0.5, 0.6) is 5.75 Å². The number of carbonyl (C=O) groups is 2. The molecule has 2 N–H and O–H groups in total. The van der Waals surface area contributed by atoms with E-state index < -0.39 is 0 Å². The number of amides is 2. The molecule has 1 aliphatic rings. The van der Waals surface area contributed by atoms with Crippen LogP contribution in [0.4, 0.5) is 5.69 Å². The second-order valence-corrected chi connectivity index (χ2v) is 8.49. The van der Waals surface area contributed by atoms with Gasteiger partial charge in [-0.3, -0.25) is 19.4 Å². The summed E-state index contributed by atoms with van der Waals surface area (Å²) < 4.78 is 10.8. The summed E-state index contributed by atoms with van der Waals surface area (Å²) >= 11 is 0. The molecular formula is C27H32N4O4. The SMILES string of the molecule is CCOc1ccc(CN2CCN(CC(=O)Nc3ccccc3C(=O)NCc3ccco3)CC2)cc1. The summed E-state index contributed by atoms with van der Waals surface area (Å²) in [7, 11) is 0. The number of ether oxygens (including phenoxy) is 1. The predicted molar refractivity (Wildman–Crippen MR) is 134 cm³/mol. The second kappa shape index (κ2) is 12.2.